The molecule has 0 saturated heterocycles. The number of nitrogens with zero attached hydrogens (tertiary/aromatic N) is 3. The lowest BCUT2D eigenvalue weighted by Gasteiger charge is -2.16. The molecule has 0 saturated carbocycles. The van der Waals surface area contributed by atoms with E-state index in [2.05, 4.69) is 5.10 Å². The van der Waals surface area contributed by atoms with Crippen molar-refractivity contribution in [3.05, 3.63) is 50.1 Å². The van der Waals surface area contributed by atoms with E-state index in [0.29, 0.717) is 18.8 Å². The van der Waals surface area contributed by atoms with Gasteiger partial charge >= 0.3 is 0 Å². The Morgan fingerprint density at radius 2 is 2.14 bits per heavy atom. The van der Waals surface area contributed by atoms with Crippen LogP contribution in [-0.4, -0.2) is 27.6 Å². The van der Waals surface area contributed by atoms with E-state index >= 15 is 0 Å². The van der Waals surface area contributed by atoms with E-state index in [-0.39, 0.29) is 11.5 Å². The van der Waals surface area contributed by atoms with E-state index in [9.17, 15) is 9.59 Å². The Morgan fingerprint density at radius 3 is 2.76 bits per heavy atom. The minimum Gasteiger partial charge on any atom is -0.335 e. The van der Waals surface area contributed by atoms with Crippen LogP contribution in [0.15, 0.2) is 28.4 Å². The second-order valence-corrected chi connectivity index (χ2v) is 5.97. The van der Waals surface area contributed by atoms with Gasteiger partial charge in [-0.15, -0.1) is 11.3 Å². The lowest BCUT2D eigenvalue weighted by Crippen LogP contribution is -2.30. The van der Waals surface area contributed by atoms with Crippen LogP contribution in [0.25, 0.3) is 0 Å². The maximum Gasteiger partial charge on any atom is 0.274 e. The summed E-state index contributed by atoms with van der Waals surface area (Å²) in [6.07, 6.45) is 0.800. The number of amides is 1. The number of thiophene rings is 1. The van der Waals surface area contributed by atoms with Gasteiger partial charge < -0.3 is 4.90 Å². The molecule has 0 aliphatic heterocycles. The van der Waals surface area contributed by atoms with Crippen molar-refractivity contribution in [1.29, 1.82) is 0 Å². The average molecular weight is 305 g/mol. The van der Waals surface area contributed by atoms with Crippen LogP contribution in [-0.2, 0) is 13.1 Å². The molecule has 2 aromatic heterocycles. The normalized spacial score (nSPS) is 10.6. The maximum atomic E-state index is 12.4. The van der Waals surface area contributed by atoms with Gasteiger partial charge in [0.1, 0.15) is 5.69 Å². The molecule has 5 nitrogen and oxygen atoms in total. The van der Waals surface area contributed by atoms with E-state index in [4.69, 9.17) is 0 Å². The van der Waals surface area contributed by atoms with Gasteiger partial charge in [0.2, 0.25) is 0 Å². The van der Waals surface area contributed by atoms with Gasteiger partial charge in [-0.25, -0.2) is 4.68 Å². The molecule has 0 spiro atoms. The Hall–Kier alpha value is -1.95. The topological polar surface area (TPSA) is 55.2 Å². The predicted molar refractivity (Wildman–Crippen MR) is 83.6 cm³/mol. The van der Waals surface area contributed by atoms with Gasteiger partial charge in [0.25, 0.3) is 11.5 Å². The molecular formula is C15H19N3O2S. The first-order chi connectivity index (χ1) is 10.0. The zero-order valence-electron chi connectivity index (χ0n) is 12.5. The number of carbonyl (C=O) groups is 1. The van der Waals surface area contributed by atoms with Crippen molar-refractivity contribution in [2.45, 2.75) is 33.4 Å². The largest absolute Gasteiger partial charge is 0.335 e. The van der Waals surface area contributed by atoms with Crippen LogP contribution in [0.1, 0.15) is 34.3 Å². The highest BCUT2D eigenvalue weighted by Crippen LogP contribution is 2.17. The summed E-state index contributed by atoms with van der Waals surface area (Å²) in [5.74, 6) is -0.173. The molecule has 2 aromatic rings. The third-order valence-corrected chi connectivity index (χ3v) is 4.22. The molecule has 2 heterocycles. The Morgan fingerprint density at radius 1 is 1.38 bits per heavy atom. The standard InChI is InChI=1S/C15H19N3O2S/c1-4-8-18-14(19)6-5-12(16-18)15(20)17(3)10-13-11(2)7-9-21-13/h5-7,9H,4,8,10H2,1-3H3. The fourth-order valence-electron chi connectivity index (χ4n) is 1.98. The van der Waals surface area contributed by atoms with Gasteiger partial charge in [-0.3, -0.25) is 9.59 Å². The third kappa shape index (κ3) is 3.58. The summed E-state index contributed by atoms with van der Waals surface area (Å²) < 4.78 is 1.34. The molecule has 0 unspecified atom stereocenters. The van der Waals surface area contributed by atoms with Crippen LogP contribution in [0.4, 0.5) is 0 Å². The van der Waals surface area contributed by atoms with Crippen LogP contribution in [0.3, 0.4) is 0 Å². The quantitative estimate of drug-likeness (QED) is 0.851. The SMILES string of the molecule is CCCn1nc(C(=O)N(C)Cc2sccc2C)ccc1=O. The Kier molecular flexibility index (Phi) is 4.90. The molecule has 0 bridgehead atoms. The third-order valence-electron chi connectivity index (χ3n) is 3.22. The van der Waals surface area contributed by atoms with Crippen LogP contribution >= 0.6 is 11.3 Å². The molecule has 0 atom stereocenters. The second-order valence-electron chi connectivity index (χ2n) is 4.97. The van der Waals surface area contributed by atoms with Crippen molar-refractivity contribution in [3.63, 3.8) is 0 Å². The van der Waals surface area contributed by atoms with Crippen LogP contribution in [0.5, 0.6) is 0 Å². The highest BCUT2D eigenvalue weighted by Gasteiger charge is 2.16. The predicted octanol–water partition coefficient (Wildman–Crippen LogP) is 2.30. The smallest absolute Gasteiger partial charge is 0.274 e. The minimum atomic E-state index is -0.176. The van der Waals surface area contributed by atoms with Crippen molar-refractivity contribution in [2.75, 3.05) is 7.05 Å². The maximum absolute atomic E-state index is 12.4. The molecule has 0 radical (unpaired) electrons. The molecule has 0 N–H and O–H groups in total. The summed E-state index contributed by atoms with van der Waals surface area (Å²) >= 11 is 1.63. The lowest BCUT2D eigenvalue weighted by molar-refractivity contribution is 0.0777. The van der Waals surface area contributed by atoms with Gasteiger partial charge in [0, 0.05) is 24.5 Å². The molecule has 0 fully saturated rings. The van der Waals surface area contributed by atoms with Crippen molar-refractivity contribution in [2.24, 2.45) is 0 Å². The Bertz CT molecular complexity index is 690. The number of hydrogen-bond donors (Lipinski definition) is 0. The van der Waals surface area contributed by atoms with E-state index in [0.717, 1.165) is 11.3 Å². The molecule has 0 aliphatic rings. The Balaban J connectivity index is 2.17. The van der Waals surface area contributed by atoms with E-state index in [1.807, 2.05) is 25.3 Å². The van der Waals surface area contributed by atoms with Crippen molar-refractivity contribution in [1.82, 2.24) is 14.7 Å². The van der Waals surface area contributed by atoms with E-state index < -0.39 is 0 Å². The molecule has 21 heavy (non-hydrogen) atoms. The summed E-state index contributed by atoms with van der Waals surface area (Å²) in [5, 5.41) is 6.17. The summed E-state index contributed by atoms with van der Waals surface area (Å²) in [6, 6.07) is 4.94. The van der Waals surface area contributed by atoms with Crippen LogP contribution in [0.2, 0.25) is 0 Å². The van der Waals surface area contributed by atoms with Gasteiger partial charge in [-0.1, -0.05) is 6.92 Å². The van der Waals surface area contributed by atoms with Gasteiger partial charge in [0.05, 0.1) is 6.54 Å². The first-order valence-electron chi connectivity index (χ1n) is 6.89. The van der Waals surface area contributed by atoms with E-state index in [1.54, 1.807) is 23.3 Å². The highest BCUT2D eigenvalue weighted by atomic mass is 32.1. The van der Waals surface area contributed by atoms with Gasteiger partial charge in [-0.2, -0.15) is 5.10 Å². The second kappa shape index (κ2) is 6.67. The molecule has 0 aliphatic carbocycles. The van der Waals surface area contributed by atoms with Crippen LogP contribution in [0, 0.1) is 6.92 Å². The van der Waals surface area contributed by atoms with Crippen molar-refractivity contribution < 1.29 is 4.79 Å². The number of aromatic nitrogens is 2. The zero-order chi connectivity index (χ0) is 15.4. The molecule has 6 heteroatoms. The fourth-order valence-corrected chi connectivity index (χ4v) is 2.94. The van der Waals surface area contributed by atoms with E-state index in [1.165, 1.54) is 22.4 Å². The first kappa shape index (κ1) is 15.4. The minimum absolute atomic E-state index is 0.173. The van der Waals surface area contributed by atoms with Crippen LogP contribution < -0.4 is 5.56 Å². The number of carbonyl (C=O) groups excluding carboxylic acids is 1. The summed E-state index contributed by atoms with van der Waals surface area (Å²) in [7, 11) is 1.75. The summed E-state index contributed by atoms with van der Waals surface area (Å²) in [4.78, 5) is 26.8. The molecule has 2 rings (SSSR count). The highest BCUT2D eigenvalue weighted by molar-refractivity contribution is 7.10. The fraction of sp³-hybridized carbons (Fsp3) is 0.400. The molecule has 0 aromatic carbocycles. The molecular weight excluding hydrogens is 286 g/mol. The van der Waals surface area contributed by atoms with Crippen molar-refractivity contribution in [3.8, 4) is 0 Å². The Labute approximate surface area is 127 Å². The number of aryl methyl sites for hydroxylation is 2. The van der Waals surface area contributed by atoms with Crippen molar-refractivity contribution >= 4 is 17.2 Å². The zero-order valence-corrected chi connectivity index (χ0v) is 13.3. The summed E-state index contributed by atoms with van der Waals surface area (Å²) in [6.45, 7) is 5.07. The van der Waals surface area contributed by atoms with Gasteiger partial charge in [0.15, 0.2) is 0 Å². The monoisotopic (exact) mass is 305 g/mol. The molecule has 1 amide bonds. The molecule has 112 valence electrons. The first-order valence-corrected chi connectivity index (χ1v) is 7.77. The number of rotatable bonds is 5. The van der Waals surface area contributed by atoms with Gasteiger partial charge in [-0.05, 0) is 36.4 Å². The number of hydrogen-bond acceptors (Lipinski definition) is 4. The average Bonchev–Trinajstić information content (AvgIpc) is 2.86. The summed E-state index contributed by atoms with van der Waals surface area (Å²) in [5.41, 5.74) is 1.31. The lowest BCUT2D eigenvalue weighted by atomic mass is 10.2.